The number of carbonyl (C=O) groups is 1. The molecule has 1 saturated heterocycles. The number of hydrogen-bond acceptors (Lipinski definition) is 4. The smallest absolute Gasteiger partial charge is 0.255 e. The van der Waals surface area contributed by atoms with Gasteiger partial charge >= 0.3 is 0 Å². The molecule has 3 rings (SSSR count). The number of piperidine rings is 1. The molecule has 128 valence electrons. The van der Waals surface area contributed by atoms with Gasteiger partial charge in [0.25, 0.3) is 5.91 Å². The van der Waals surface area contributed by atoms with E-state index in [9.17, 15) is 4.79 Å². The van der Waals surface area contributed by atoms with Gasteiger partial charge in [-0.3, -0.25) is 9.69 Å². The summed E-state index contributed by atoms with van der Waals surface area (Å²) < 4.78 is 5.44. The first-order valence-electron chi connectivity index (χ1n) is 8.46. The molecule has 2 aromatic rings. The molecule has 1 aliphatic heterocycles. The quantitative estimate of drug-likeness (QED) is 0.847. The molecule has 0 spiro atoms. The SMILES string of the molecule is Cc1cc(C(=O)NC2CCN(Cc3cccc(N)c3)CC2)c(C)o1. The molecule has 1 amide bonds. The first-order valence-corrected chi connectivity index (χ1v) is 8.46. The van der Waals surface area contributed by atoms with Gasteiger partial charge in [-0.15, -0.1) is 0 Å². The predicted octanol–water partition coefficient (Wildman–Crippen LogP) is 2.87. The summed E-state index contributed by atoms with van der Waals surface area (Å²) in [5.41, 5.74) is 8.53. The Morgan fingerprint density at radius 3 is 2.67 bits per heavy atom. The second kappa shape index (κ2) is 7.09. The number of benzene rings is 1. The van der Waals surface area contributed by atoms with Crippen LogP contribution in [-0.2, 0) is 6.54 Å². The van der Waals surface area contributed by atoms with Crippen molar-refractivity contribution in [3.8, 4) is 0 Å². The molecule has 1 fully saturated rings. The van der Waals surface area contributed by atoms with Crippen LogP contribution < -0.4 is 11.1 Å². The summed E-state index contributed by atoms with van der Waals surface area (Å²) in [5.74, 6) is 1.43. The van der Waals surface area contributed by atoms with E-state index in [0.717, 1.165) is 43.9 Å². The Labute approximate surface area is 142 Å². The molecule has 0 aliphatic carbocycles. The fourth-order valence-corrected chi connectivity index (χ4v) is 3.30. The van der Waals surface area contributed by atoms with Gasteiger partial charge in [0, 0.05) is 31.4 Å². The van der Waals surface area contributed by atoms with Crippen molar-refractivity contribution >= 4 is 11.6 Å². The summed E-state index contributed by atoms with van der Waals surface area (Å²) in [5, 5.41) is 3.14. The Kier molecular flexibility index (Phi) is 4.90. The van der Waals surface area contributed by atoms with Gasteiger partial charge in [-0.1, -0.05) is 12.1 Å². The number of carbonyl (C=O) groups excluding carboxylic acids is 1. The van der Waals surface area contributed by atoms with Crippen molar-refractivity contribution in [3.05, 3.63) is 53.0 Å². The van der Waals surface area contributed by atoms with Crippen LogP contribution in [0.25, 0.3) is 0 Å². The molecule has 0 bridgehead atoms. The lowest BCUT2D eigenvalue weighted by Crippen LogP contribution is -2.44. The number of furan rings is 1. The van der Waals surface area contributed by atoms with E-state index in [2.05, 4.69) is 16.3 Å². The highest BCUT2D eigenvalue weighted by Crippen LogP contribution is 2.17. The Morgan fingerprint density at radius 2 is 2.04 bits per heavy atom. The zero-order valence-corrected chi connectivity index (χ0v) is 14.3. The lowest BCUT2D eigenvalue weighted by atomic mass is 10.0. The number of anilines is 1. The van der Waals surface area contributed by atoms with Crippen molar-refractivity contribution in [1.82, 2.24) is 10.2 Å². The summed E-state index contributed by atoms with van der Waals surface area (Å²) in [6.45, 7) is 6.55. The molecule has 1 aromatic carbocycles. The zero-order chi connectivity index (χ0) is 17.1. The van der Waals surface area contributed by atoms with Crippen LogP contribution in [0, 0.1) is 13.8 Å². The average Bonchev–Trinajstić information content (AvgIpc) is 2.88. The molecule has 0 atom stereocenters. The van der Waals surface area contributed by atoms with Crippen LogP contribution in [0.3, 0.4) is 0 Å². The van der Waals surface area contributed by atoms with Gasteiger partial charge in [0.05, 0.1) is 5.56 Å². The van der Waals surface area contributed by atoms with Crippen molar-refractivity contribution in [2.75, 3.05) is 18.8 Å². The molecular weight excluding hydrogens is 302 g/mol. The van der Waals surface area contributed by atoms with Crippen molar-refractivity contribution in [1.29, 1.82) is 0 Å². The second-order valence-corrected chi connectivity index (χ2v) is 6.60. The fraction of sp³-hybridized carbons (Fsp3) is 0.421. The van der Waals surface area contributed by atoms with E-state index in [0.29, 0.717) is 11.3 Å². The van der Waals surface area contributed by atoms with E-state index < -0.39 is 0 Å². The maximum atomic E-state index is 12.4. The standard InChI is InChI=1S/C19H25N3O2/c1-13-10-18(14(2)24-13)19(23)21-17-6-8-22(9-7-17)12-15-4-3-5-16(20)11-15/h3-5,10-11,17H,6-9,12,20H2,1-2H3,(H,21,23). The third kappa shape index (κ3) is 3.97. The molecule has 0 radical (unpaired) electrons. The Hall–Kier alpha value is -2.27. The number of nitrogens with two attached hydrogens (primary N) is 1. The number of hydrogen-bond donors (Lipinski definition) is 2. The minimum atomic E-state index is -0.0290. The van der Waals surface area contributed by atoms with Crippen LogP contribution in [0.15, 0.2) is 34.7 Å². The van der Waals surface area contributed by atoms with Crippen molar-refractivity contribution in [3.63, 3.8) is 0 Å². The number of nitrogen functional groups attached to an aromatic ring is 1. The third-order valence-electron chi connectivity index (χ3n) is 4.57. The first-order chi connectivity index (χ1) is 11.5. The third-order valence-corrected chi connectivity index (χ3v) is 4.57. The molecule has 1 aliphatic rings. The summed E-state index contributed by atoms with van der Waals surface area (Å²) in [4.78, 5) is 14.8. The van der Waals surface area contributed by atoms with Gasteiger partial charge in [-0.2, -0.15) is 0 Å². The lowest BCUT2D eigenvalue weighted by molar-refractivity contribution is 0.0907. The van der Waals surface area contributed by atoms with Crippen LogP contribution in [0.2, 0.25) is 0 Å². The Bertz CT molecular complexity index is 715. The number of rotatable bonds is 4. The topological polar surface area (TPSA) is 71.5 Å². The van der Waals surface area contributed by atoms with Gasteiger partial charge in [0.2, 0.25) is 0 Å². The van der Waals surface area contributed by atoms with E-state index in [1.807, 2.05) is 32.0 Å². The normalized spacial score (nSPS) is 16.2. The van der Waals surface area contributed by atoms with Crippen LogP contribution >= 0.6 is 0 Å². The number of amides is 1. The highest BCUT2D eigenvalue weighted by molar-refractivity contribution is 5.95. The van der Waals surface area contributed by atoms with Gasteiger partial charge in [0.1, 0.15) is 11.5 Å². The number of nitrogens with zero attached hydrogens (tertiary/aromatic N) is 1. The fourth-order valence-electron chi connectivity index (χ4n) is 3.30. The minimum Gasteiger partial charge on any atom is -0.466 e. The average molecular weight is 327 g/mol. The van der Waals surface area contributed by atoms with Crippen LogP contribution in [-0.4, -0.2) is 29.9 Å². The molecule has 5 heteroatoms. The molecular formula is C19H25N3O2. The largest absolute Gasteiger partial charge is 0.466 e. The molecule has 24 heavy (non-hydrogen) atoms. The van der Waals surface area contributed by atoms with E-state index in [4.69, 9.17) is 10.2 Å². The molecule has 5 nitrogen and oxygen atoms in total. The number of nitrogens with one attached hydrogen (secondary N) is 1. The molecule has 3 N–H and O–H groups in total. The van der Waals surface area contributed by atoms with Crippen molar-refractivity contribution in [2.45, 2.75) is 39.3 Å². The summed E-state index contributed by atoms with van der Waals surface area (Å²) in [7, 11) is 0. The molecule has 2 heterocycles. The van der Waals surface area contributed by atoms with Crippen molar-refractivity contribution < 1.29 is 9.21 Å². The summed E-state index contributed by atoms with van der Waals surface area (Å²) >= 11 is 0. The second-order valence-electron chi connectivity index (χ2n) is 6.60. The maximum absolute atomic E-state index is 12.4. The Balaban J connectivity index is 1.50. The first kappa shape index (κ1) is 16.6. The highest BCUT2D eigenvalue weighted by atomic mass is 16.3. The van der Waals surface area contributed by atoms with Crippen LogP contribution in [0.5, 0.6) is 0 Å². The maximum Gasteiger partial charge on any atom is 0.255 e. The monoisotopic (exact) mass is 327 g/mol. The zero-order valence-electron chi connectivity index (χ0n) is 14.3. The van der Waals surface area contributed by atoms with E-state index in [1.165, 1.54) is 5.56 Å². The van der Waals surface area contributed by atoms with Gasteiger partial charge in [0.15, 0.2) is 0 Å². The van der Waals surface area contributed by atoms with E-state index in [-0.39, 0.29) is 11.9 Å². The highest BCUT2D eigenvalue weighted by Gasteiger charge is 2.22. The lowest BCUT2D eigenvalue weighted by Gasteiger charge is -2.32. The van der Waals surface area contributed by atoms with Crippen molar-refractivity contribution in [2.24, 2.45) is 0 Å². The summed E-state index contributed by atoms with van der Waals surface area (Å²) in [6, 6.07) is 10.1. The number of likely N-dealkylation sites (tertiary alicyclic amines) is 1. The number of aryl methyl sites for hydroxylation is 2. The van der Waals surface area contributed by atoms with E-state index >= 15 is 0 Å². The van der Waals surface area contributed by atoms with Gasteiger partial charge in [-0.05, 0) is 50.5 Å². The minimum absolute atomic E-state index is 0.0290. The molecule has 0 unspecified atom stereocenters. The van der Waals surface area contributed by atoms with Crippen LogP contribution in [0.1, 0.15) is 40.3 Å². The van der Waals surface area contributed by atoms with Gasteiger partial charge in [-0.25, -0.2) is 0 Å². The summed E-state index contributed by atoms with van der Waals surface area (Å²) in [6.07, 6.45) is 1.92. The molecule has 1 aromatic heterocycles. The predicted molar refractivity (Wildman–Crippen MR) is 94.8 cm³/mol. The van der Waals surface area contributed by atoms with E-state index in [1.54, 1.807) is 6.07 Å². The van der Waals surface area contributed by atoms with Gasteiger partial charge < -0.3 is 15.5 Å². The molecule has 0 saturated carbocycles. The Morgan fingerprint density at radius 1 is 1.29 bits per heavy atom. The van der Waals surface area contributed by atoms with Crippen LogP contribution in [0.4, 0.5) is 5.69 Å².